The second-order valence-corrected chi connectivity index (χ2v) is 4.56. The van der Waals surface area contributed by atoms with Crippen molar-refractivity contribution < 1.29 is 9.53 Å². The van der Waals surface area contributed by atoms with Crippen LogP contribution in [0.15, 0.2) is 0 Å². The molecule has 0 unspecified atom stereocenters. The van der Waals surface area contributed by atoms with Crippen molar-refractivity contribution in [3.63, 3.8) is 0 Å². The molecule has 0 aromatic heterocycles. The molecular formula is C11H23N3O2. The topological polar surface area (TPSA) is 67.6 Å². The van der Waals surface area contributed by atoms with E-state index in [-0.39, 0.29) is 5.91 Å². The van der Waals surface area contributed by atoms with Crippen LogP contribution in [0.1, 0.15) is 19.3 Å². The number of nitrogens with two attached hydrogens (primary N) is 1. The van der Waals surface area contributed by atoms with E-state index in [0.717, 1.165) is 39.0 Å². The first-order chi connectivity index (χ1) is 7.58. The highest BCUT2D eigenvalue weighted by molar-refractivity contribution is 5.88. The molecule has 16 heavy (non-hydrogen) atoms. The van der Waals surface area contributed by atoms with Crippen molar-refractivity contribution in [1.82, 2.24) is 10.2 Å². The minimum Gasteiger partial charge on any atom is -0.383 e. The van der Waals surface area contributed by atoms with Crippen LogP contribution in [0, 0.1) is 0 Å². The predicted molar refractivity (Wildman–Crippen MR) is 63.2 cm³/mol. The molecule has 0 spiro atoms. The quantitative estimate of drug-likeness (QED) is 0.554. The zero-order chi connectivity index (χ0) is 12.0. The zero-order valence-electron chi connectivity index (χ0n) is 10.3. The van der Waals surface area contributed by atoms with Crippen LogP contribution in [0.3, 0.4) is 0 Å². The molecule has 5 heteroatoms. The molecule has 1 rings (SSSR count). The van der Waals surface area contributed by atoms with Crippen LogP contribution in [0.25, 0.3) is 0 Å². The Labute approximate surface area is 97.3 Å². The molecule has 0 atom stereocenters. The summed E-state index contributed by atoms with van der Waals surface area (Å²) in [7, 11) is 3.75. The van der Waals surface area contributed by atoms with Crippen LogP contribution in [-0.4, -0.2) is 56.7 Å². The predicted octanol–water partition coefficient (Wildman–Crippen LogP) is -0.438. The molecule has 0 saturated heterocycles. The lowest BCUT2D eigenvalue weighted by Crippen LogP contribution is -2.43. The highest BCUT2D eigenvalue weighted by atomic mass is 16.5. The Morgan fingerprint density at radius 3 is 2.75 bits per heavy atom. The number of hydrogen-bond donors (Lipinski definition) is 2. The molecule has 0 bridgehead atoms. The van der Waals surface area contributed by atoms with Crippen molar-refractivity contribution >= 4 is 5.91 Å². The van der Waals surface area contributed by atoms with Gasteiger partial charge in [0, 0.05) is 20.2 Å². The van der Waals surface area contributed by atoms with Crippen LogP contribution in [0.5, 0.6) is 0 Å². The molecular weight excluding hydrogens is 206 g/mol. The maximum absolute atomic E-state index is 11.5. The van der Waals surface area contributed by atoms with Crippen LogP contribution < -0.4 is 11.1 Å². The van der Waals surface area contributed by atoms with Gasteiger partial charge in [0.05, 0.1) is 12.1 Å². The lowest BCUT2D eigenvalue weighted by atomic mass is 10.2. The second-order valence-electron chi connectivity index (χ2n) is 4.56. The summed E-state index contributed by atoms with van der Waals surface area (Å²) in [5.74, 6) is 0.00652. The Kier molecular flexibility index (Phi) is 5.18. The van der Waals surface area contributed by atoms with Crippen LogP contribution in [0.2, 0.25) is 0 Å². The minimum atomic E-state index is -0.540. The highest BCUT2D eigenvalue weighted by Gasteiger charge is 2.45. The Bertz CT molecular complexity index is 229. The van der Waals surface area contributed by atoms with Crippen molar-refractivity contribution in [2.75, 3.05) is 40.4 Å². The number of amides is 1. The van der Waals surface area contributed by atoms with Crippen molar-refractivity contribution in [1.29, 1.82) is 0 Å². The van der Waals surface area contributed by atoms with Gasteiger partial charge < -0.3 is 20.7 Å². The third-order valence-corrected chi connectivity index (χ3v) is 2.92. The normalized spacial score (nSPS) is 17.5. The summed E-state index contributed by atoms with van der Waals surface area (Å²) >= 11 is 0. The lowest BCUT2D eigenvalue weighted by Gasteiger charge is -2.16. The number of nitrogens with one attached hydrogen (secondary N) is 1. The maximum atomic E-state index is 11.5. The van der Waals surface area contributed by atoms with Gasteiger partial charge in [-0.3, -0.25) is 4.79 Å². The van der Waals surface area contributed by atoms with E-state index >= 15 is 0 Å². The van der Waals surface area contributed by atoms with Gasteiger partial charge in [-0.1, -0.05) is 0 Å². The molecule has 1 amide bonds. The molecule has 0 aliphatic heterocycles. The van der Waals surface area contributed by atoms with E-state index in [2.05, 4.69) is 10.2 Å². The van der Waals surface area contributed by atoms with E-state index < -0.39 is 5.54 Å². The van der Waals surface area contributed by atoms with Gasteiger partial charge in [0.1, 0.15) is 0 Å². The first-order valence-corrected chi connectivity index (χ1v) is 5.83. The fourth-order valence-corrected chi connectivity index (χ4v) is 1.45. The van der Waals surface area contributed by atoms with Gasteiger partial charge in [-0.2, -0.15) is 0 Å². The summed E-state index contributed by atoms with van der Waals surface area (Å²) in [5.41, 5.74) is 5.22. The summed E-state index contributed by atoms with van der Waals surface area (Å²) in [6, 6.07) is 0. The van der Waals surface area contributed by atoms with E-state index in [0.29, 0.717) is 6.54 Å². The fraction of sp³-hybridized carbons (Fsp3) is 0.909. The van der Waals surface area contributed by atoms with E-state index in [1.54, 1.807) is 7.11 Å². The van der Waals surface area contributed by atoms with Gasteiger partial charge in [-0.15, -0.1) is 0 Å². The summed E-state index contributed by atoms with van der Waals surface area (Å²) in [4.78, 5) is 13.7. The Morgan fingerprint density at radius 1 is 1.50 bits per heavy atom. The second kappa shape index (κ2) is 6.18. The number of likely N-dealkylation sites (N-methyl/N-ethyl adjacent to an activating group) is 1. The molecule has 0 heterocycles. The van der Waals surface area contributed by atoms with E-state index in [1.807, 2.05) is 7.05 Å². The molecule has 1 saturated carbocycles. The molecule has 3 N–H and O–H groups in total. The molecule has 5 nitrogen and oxygen atoms in total. The minimum absolute atomic E-state index is 0.00652. The van der Waals surface area contributed by atoms with Crippen molar-refractivity contribution in [3.8, 4) is 0 Å². The lowest BCUT2D eigenvalue weighted by molar-refractivity contribution is -0.123. The molecule has 1 aliphatic rings. The molecule has 1 aliphatic carbocycles. The Morgan fingerprint density at radius 2 is 2.19 bits per heavy atom. The van der Waals surface area contributed by atoms with Gasteiger partial charge in [0.15, 0.2) is 0 Å². The van der Waals surface area contributed by atoms with Crippen molar-refractivity contribution in [3.05, 3.63) is 0 Å². The van der Waals surface area contributed by atoms with Crippen LogP contribution >= 0.6 is 0 Å². The largest absolute Gasteiger partial charge is 0.383 e. The number of carbonyl (C=O) groups is 1. The number of hydrogen-bond acceptors (Lipinski definition) is 4. The number of ether oxygens (including phenoxy) is 1. The van der Waals surface area contributed by atoms with E-state index in [9.17, 15) is 4.79 Å². The first-order valence-electron chi connectivity index (χ1n) is 5.83. The molecule has 0 aromatic rings. The average molecular weight is 229 g/mol. The molecule has 0 aromatic carbocycles. The van der Waals surface area contributed by atoms with Gasteiger partial charge in [-0.25, -0.2) is 0 Å². The summed E-state index contributed by atoms with van der Waals surface area (Å²) in [6.07, 6.45) is 2.60. The monoisotopic (exact) mass is 229 g/mol. The zero-order valence-corrected chi connectivity index (χ0v) is 10.3. The number of nitrogens with zero attached hydrogens (tertiary/aromatic N) is 1. The van der Waals surface area contributed by atoms with Crippen LogP contribution in [-0.2, 0) is 9.53 Å². The standard InChI is InChI=1S/C11H23N3O2/c1-14(8-9-16-2)7-3-6-13-10(15)11(12)4-5-11/h3-9,12H2,1-2H3,(H,13,15). The van der Waals surface area contributed by atoms with E-state index in [1.165, 1.54) is 0 Å². The number of methoxy groups -OCH3 is 1. The van der Waals surface area contributed by atoms with Gasteiger partial charge in [0.2, 0.25) is 5.91 Å². The smallest absolute Gasteiger partial charge is 0.240 e. The highest BCUT2D eigenvalue weighted by Crippen LogP contribution is 2.31. The summed E-state index contributed by atoms with van der Waals surface area (Å²) in [6.45, 7) is 3.33. The maximum Gasteiger partial charge on any atom is 0.240 e. The average Bonchev–Trinajstić information content (AvgIpc) is 3.01. The van der Waals surface area contributed by atoms with Crippen molar-refractivity contribution in [2.45, 2.75) is 24.8 Å². The third-order valence-electron chi connectivity index (χ3n) is 2.92. The van der Waals surface area contributed by atoms with Gasteiger partial charge in [-0.05, 0) is 32.9 Å². The molecule has 94 valence electrons. The number of carbonyl (C=O) groups excluding carboxylic acids is 1. The SMILES string of the molecule is COCCN(C)CCCNC(=O)C1(N)CC1. The van der Waals surface area contributed by atoms with Crippen molar-refractivity contribution in [2.24, 2.45) is 5.73 Å². The molecule has 0 radical (unpaired) electrons. The first kappa shape index (κ1) is 13.4. The number of rotatable bonds is 8. The van der Waals surface area contributed by atoms with E-state index in [4.69, 9.17) is 10.5 Å². The summed E-state index contributed by atoms with van der Waals surface area (Å²) in [5, 5.41) is 2.87. The Balaban J connectivity index is 1.97. The van der Waals surface area contributed by atoms with Gasteiger partial charge in [0.25, 0.3) is 0 Å². The molecule has 1 fully saturated rings. The fourth-order valence-electron chi connectivity index (χ4n) is 1.45. The third kappa shape index (κ3) is 4.47. The van der Waals surface area contributed by atoms with Gasteiger partial charge >= 0.3 is 0 Å². The van der Waals surface area contributed by atoms with Crippen LogP contribution in [0.4, 0.5) is 0 Å². The Hall–Kier alpha value is -0.650. The summed E-state index contributed by atoms with van der Waals surface area (Å²) < 4.78 is 4.98.